The summed E-state index contributed by atoms with van der Waals surface area (Å²) in [5.41, 5.74) is 1.23. The molecule has 0 bridgehead atoms. The number of hydrogen-bond acceptors (Lipinski definition) is 4. The minimum Gasteiger partial charge on any atom is -0.369 e. The fourth-order valence-electron chi connectivity index (χ4n) is 1.73. The van der Waals surface area contributed by atoms with Gasteiger partial charge in [-0.05, 0) is 50.3 Å². The number of amides is 1. The van der Waals surface area contributed by atoms with Crippen LogP contribution in [-0.2, 0) is 9.53 Å². The molecule has 5 heteroatoms. The van der Waals surface area contributed by atoms with Crippen molar-refractivity contribution >= 4 is 17.2 Å². The van der Waals surface area contributed by atoms with E-state index < -0.39 is 0 Å². The molecule has 2 atom stereocenters. The van der Waals surface area contributed by atoms with Gasteiger partial charge < -0.3 is 15.0 Å². The van der Waals surface area contributed by atoms with Gasteiger partial charge in [0.2, 0.25) is 5.91 Å². The lowest BCUT2D eigenvalue weighted by molar-refractivity contribution is -0.131. The van der Waals surface area contributed by atoms with Crippen LogP contribution in [0, 0.1) is 0 Å². The molecule has 1 heterocycles. The molecule has 4 nitrogen and oxygen atoms in total. The van der Waals surface area contributed by atoms with Crippen molar-refractivity contribution in [2.24, 2.45) is 0 Å². The molecule has 102 valence electrons. The molecule has 18 heavy (non-hydrogen) atoms. The molecule has 0 saturated carbocycles. The van der Waals surface area contributed by atoms with E-state index in [9.17, 15) is 4.79 Å². The SMILES string of the molecule is CCO[C@H](C)C(=O)NC[C@@H](c1ccsc1)N(C)C. The number of likely N-dealkylation sites (N-methyl/N-ethyl adjacent to an activating group) is 1. The molecule has 0 fully saturated rings. The van der Waals surface area contributed by atoms with Crippen molar-refractivity contribution in [3.63, 3.8) is 0 Å². The fraction of sp³-hybridized carbons (Fsp3) is 0.615. The van der Waals surface area contributed by atoms with Crippen molar-refractivity contribution in [3.05, 3.63) is 22.4 Å². The number of ether oxygens (including phenoxy) is 1. The summed E-state index contributed by atoms with van der Waals surface area (Å²) in [4.78, 5) is 13.9. The number of nitrogens with zero attached hydrogens (tertiary/aromatic N) is 1. The predicted octanol–water partition coefficient (Wildman–Crippen LogP) is 1.89. The topological polar surface area (TPSA) is 41.6 Å². The van der Waals surface area contributed by atoms with Crippen molar-refractivity contribution in [1.29, 1.82) is 0 Å². The Kier molecular flexibility index (Phi) is 6.32. The van der Waals surface area contributed by atoms with E-state index in [4.69, 9.17) is 4.74 Å². The highest BCUT2D eigenvalue weighted by molar-refractivity contribution is 7.07. The average Bonchev–Trinajstić information content (AvgIpc) is 2.82. The van der Waals surface area contributed by atoms with Crippen LogP contribution in [0.1, 0.15) is 25.5 Å². The molecule has 1 N–H and O–H groups in total. The second-order valence-electron chi connectivity index (χ2n) is 4.38. The van der Waals surface area contributed by atoms with Gasteiger partial charge in [0.05, 0.1) is 6.04 Å². The first-order valence-corrected chi connectivity index (χ1v) is 7.08. The van der Waals surface area contributed by atoms with E-state index in [-0.39, 0.29) is 18.1 Å². The molecule has 0 spiro atoms. The van der Waals surface area contributed by atoms with Crippen molar-refractivity contribution in [2.75, 3.05) is 27.2 Å². The van der Waals surface area contributed by atoms with E-state index in [1.54, 1.807) is 18.3 Å². The average molecular weight is 270 g/mol. The predicted molar refractivity (Wildman–Crippen MR) is 74.8 cm³/mol. The molecule has 1 aromatic rings. The first-order valence-electron chi connectivity index (χ1n) is 6.14. The molecule has 0 aliphatic rings. The summed E-state index contributed by atoms with van der Waals surface area (Å²) in [7, 11) is 4.03. The van der Waals surface area contributed by atoms with E-state index in [1.165, 1.54) is 5.56 Å². The summed E-state index contributed by atoms with van der Waals surface area (Å²) in [5.74, 6) is -0.0565. The molecule has 1 aromatic heterocycles. The molecule has 1 rings (SSSR count). The molecular formula is C13H22N2O2S. The first kappa shape index (κ1) is 15.1. The Morgan fingerprint density at radius 2 is 2.28 bits per heavy atom. The normalized spacial score (nSPS) is 14.5. The summed E-state index contributed by atoms with van der Waals surface area (Å²) in [5, 5.41) is 7.10. The number of hydrogen-bond donors (Lipinski definition) is 1. The summed E-state index contributed by atoms with van der Waals surface area (Å²) >= 11 is 1.67. The number of carbonyl (C=O) groups is 1. The quantitative estimate of drug-likeness (QED) is 0.822. The largest absolute Gasteiger partial charge is 0.369 e. The minimum atomic E-state index is -0.389. The van der Waals surface area contributed by atoms with Crippen molar-refractivity contribution in [3.8, 4) is 0 Å². The molecule has 0 aliphatic carbocycles. The zero-order valence-corrected chi connectivity index (χ0v) is 12.3. The van der Waals surface area contributed by atoms with Gasteiger partial charge >= 0.3 is 0 Å². The van der Waals surface area contributed by atoms with E-state index >= 15 is 0 Å². The van der Waals surface area contributed by atoms with Gasteiger partial charge in [0.1, 0.15) is 6.10 Å². The third-order valence-corrected chi connectivity index (χ3v) is 3.51. The number of rotatable bonds is 7. The summed E-state index contributed by atoms with van der Waals surface area (Å²) in [6.07, 6.45) is -0.389. The fourth-order valence-corrected chi connectivity index (χ4v) is 2.44. The van der Waals surface area contributed by atoms with Crippen LogP contribution in [0.2, 0.25) is 0 Å². The van der Waals surface area contributed by atoms with Crippen LogP contribution in [0.3, 0.4) is 0 Å². The lowest BCUT2D eigenvalue weighted by Gasteiger charge is -2.24. The van der Waals surface area contributed by atoms with E-state index in [0.717, 1.165) is 0 Å². The smallest absolute Gasteiger partial charge is 0.248 e. The summed E-state index contributed by atoms with van der Waals surface area (Å²) < 4.78 is 5.26. The van der Waals surface area contributed by atoms with Crippen LogP contribution >= 0.6 is 11.3 Å². The minimum absolute atomic E-state index is 0.0565. The molecule has 0 aromatic carbocycles. The number of carbonyl (C=O) groups excluding carboxylic acids is 1. The van der Waals surface area contributed by atoms with Crippen molar-refractivity contribution in [2.45, 2.75) is 26.0 Å². The standard InChI is InChI=1S/C13H22N2O2S/c1-5-17-10(2)13(16)14-8-12(15(3)4)11-6-7-18-9-11/h6-7,9-10,12H,5,8H2,1-4H3,(H,14,16)/t10-,12+/m1/s1. The van der Waals surface area contributed by atoms with Crippen molar-refractivity contribution < 1.29 is 9.53 Å². The number of nitrogens with one attached hydrogen (secondary N) is 1. The number of thiophene rings is 1. The van der Waals surface area contributed by atoms with Gasteiger partial charge in [-0.3, -0.25) is 4.79 Å². The molecule has 0 unspecified atom stereocenters. The third kappa shape index (κ3) is 4.40. The van der Waals surface area contributed by atoms with Gasteiger partial charge in [-0.25, -0.2) is 0 Å². The van der Waals surface area contributed by atoms with Crippen LogP contribution in [0.4, 0.5) is 0 Å². The first-order chi connectivity index (χ1) is 8.56. The lowest BCUT2D eigenvalue weighted by Crippen LogP contribution is -2.39. The van der Waals surface area contributed by atoms with Crippen LogP contribution < -0.4 is 5.32 Å². The van der Waals surface area contributed by atoms with Crippen LogP contribution in [0.25, 0.3) is 0 Å². The molecule has 1 amide bonds. The van der Waals surface area contributed by atoms with Crippen LogP contribution in [0.15, 0.2) is 16.8 Å². The Bertz CT molecular complexity index is 352. The van der Waals surface area contributed by atoms with Gasteiger partial charge in [0.15, 0.2) is 0 Å². The van der Waals surface area contributed by atoms with Gasteiger partial charge in [0.25, 0.3) is 0 Å². The molecule has 0 aliphatic heterocycles. The zero-order valence-electron chi connectivity index (χ0n) is 11.5. The summed E-state index contributed by atoms with van der Waals surface area (Å²) in [6, 6.07) is 2.29. The van der Waals surface area contributed by atoms with Crippen LogP contribution in [-0.4, -0.2) is 44.2 Å². The highest BCUT2D eigenvalue weighted by Crippen LogP contribution is 2.19. The second-order valence-corrected chi connectivity index (χ2v) is 5.16. The highest BCUT2D eigenvalue weighted by atomic mass is 32.1. The zero-order chi connectivity index (χ0) is 13.5. The molecular weight excluding hydrogens is 248 g/mol. The molecule has 0 saturated heterocycles. The Balaban J connectivity index is 2.51. The summed E-state index contributed by atoms with van der Waals surface area (Å²) in [6.45, 7) is 4.81. The van der Waals surface area contributed by atoms with E-state index in [2.05, 4.69) is 27.0 Å². The Hall–Kier alpha value is -0.910. The van der Waals surface area contributed by atoms with E-state index in [1.807, 2.05) is 21.0 Å². The second kappa shape index (κ2) is 7.51. The highest BCUT2D eigenvalue weighted by Gasteiger charge is 2.18. The van der Waals surface area contributed by atoms with Gasteiger partial charge in [-0.2, -0.15) is 11.3 Å². The molecule has 0 radical (unpaired) electrons. The lowest BCUT2D eigenvalue weighted by atomic mass is 10.1. The van der Waals surface area contributed by atoms with Gasteiger partial charge in [-0.1, -0.05) is 0 Å². The maximum Gasteiger partial charge on any atom is 0.248 e. The van der Waals surface area contributed by atoms with E-state index in [0.29, 0.717) is 13.2 Å². The van der Waals surface area contributed by atoms with Gasteiger partial charge in [-0.15, -0.1) is 0 Å². The third-order valence-electron chi connectivity index (χ3n) is 2.81. The Labute approximate surface area is 113 Å². The maximum atomic E-state index is 11.8. The Morgan fingerprint density at radius 1 is 1.56 bits per heavy atom. The van der Waals surface area contributed by atoms with Gasteiger partial charge in [0, 0.05) is 13.2 Å². The Morgan fingerprint density at radius 3 is 2.78 bits per heavy atom. The maximum absolute atomic E-state index is 11.8. The van der Waals surface area contributed by atoms with Crippen LogP contribution in [0.5, 0.6) is 0 Å². The van der Waals surface area contributed by atoms with Crippen molar-refractivity contribution in [1.82, 2.24) is 10.2 Å². The monoisotopic (exact) mass is 270 g/mol.